The molecule has 0 bridgehead atoms. The van der Waals surface area contributed by atoms with E-state index in [1.807, 2.05) is 24.3 Å². The third-order valence-electron chi connectivity index (χ3n) is 2.97. The van der Waals surface area contributed by atoms with E-state index in [4.69, 9.17) is 11.6 Å². The van der Waals surface area contributed by atoms with Crippen LogP contribution >= 0.6 is 23.1 Å². The number of halogens is 1. The number of fused-ring (bicyclic) bond motifs is 1. The van der Waals surface area contributed by atoms with Crippen LogP contribution in [0.2, 0.25) is 5.02 Å². The minimum Gasteiger partial charge on any atom is -0.255 e. The van der Waals surface area contributed by atoms with E-state index >= 15 is 0 Å². The molecule has 3 aromatic rings. The Bertz CT molecular complexity index is 892. The minimum absolute atomic E-state index is 0.288. The van der Waals surface area contributed by atoms with Crippen LogP contribution < -0.4 is 10.6 Å². The Labute approximate surface area is 117 Å². The van der Waals surface area contributed by atoms with Crippen molar-refractivity contribution in [2.24, 2.45) is 7.05 Å². The van der Waals surface area contributed by atoms with E-state index in [1.165, 1.54) is 11.0 Å². The van der Waals surface area contributed by atoms with Crippen molar-refractivity contribution < 1.29 is 0 Å². The number of benzene rings is 2. The fourth-order valence-electron chi connectivity index (χ4n) is 1.97. The van der Waals surface area contributed by atoms with Crippen LogP contribution in [0.5, 0.6) is 0 Å². The first kappa shape index (κ1) is 12.2. The van der Waals surface area contributed by atoms with Gasteiger partial charge in [0.25, 0.3) is 0 Å². The summed E-state index contributed by atoms with van der Waals surface area (Å²) in [6.07, 6.45) is 0. The van der Waals surface area contributed by atoms with Gasteiger partial charge in [-0.05, 0) is 12.1 Å². The van der Waals surface area contributed by atoms with E-state index in [0.717, 1.165) is 26.9 Å². The highest BCUT2D eigenvalue weighted by atomic mass is 35.5. The maximum atomic E-state index is 12.0. The highest BCUT2D eigenvalue weighted by Crippen LogP contribution is 2.28. The first-order chi connectivity index (χ1) is 9.09. The van der Waals surface area contributed by atoms with Gasteiger partial charge in [-0.15, -0.1) is 0 Å². The van der Waals surface area contributed by atoms with Crippen molar-refractivity contribution in [1.29, 1.82) is 0 Å². The molecule has 0 radical (unpaired) electrons. The first-order valence-electron chi connectivity index (χ1n) is 5.56. The molecule has 0 saturated carbocycles. The van der Waals surface area contributed by atoms with E-state index in [-0.39, 0.29) is 10.6 Å². The van der Waals surface area contributed by atoms with Crippen molar-refractivity contribution in [3.05, 3.63) is 61.6 Å². The van der Waals surface area contributed by atoms with Crippen LogP contribution in [0.1, 0.15) is 0 Å². The van der Waals surface area contributed by atoms with E-state index < -0.39 is 0 Å². The smallest absolute Gasteiger partial charge is 0.255 e. The molecule has 6 heteroatoms. The summed E-state index contributed by atoms with van der Waals surface area (Å²) < 4.78 is 2.48. The molecule has 0 amide bonds. The summed E-state index contributed by atoms with van der Waals surface area (Å²) in [4.78, 5) is 23.3. The van der Waals surface area contributed by atoms with Crippen LogP contribution in [-0.2, 0) is 7.05 Å². The Morgan fingerprint density at radius 2 is 1.74 bits per heavy atom. The van der Waals surface area contributed by atoms with E-state index in [9.17, 15) is 9.59 Å². The minimum atomic E-state index is -0.345. The third kappa shape index (κ3) is 1.82. The molecule has 0 fully saturated rings. The molecule has 1 aromatic heterocycles. The lowest BCUT2D eigenvalue weighted by Crippen LogP contribution is -2.25. The number of nitrogens with zero attached hydrogens (tertiary/aromatic N) is 2. The Morgan fingerprint density at radius 3 is 2.37 bits per heavy atom. The summed E-state index contributed by atoms with van der Waals surface area (Å²) in [7, 11) is 1.47. The summed E-state index contributed by atoms with van der Waals surface area (Å²) in [5.74, 6) is 0. The van der Waals surface area contributed by atoms with Gasteiger partial charge in [0, 0.05) is 34.4 Å². The van der Waals surface area contributed by atoms with Crippen molar-refractivity contribution in [3.63, 3.8) is 0 Å². The molecule has 0 saturated heterocycles. The van der Waals surface area contributed by atoms with Crippen molar-refractivity contribution in [2.75, 3.05) is 0 Å². The number of aromatic nitrogens is 2. The zero-order valence-corrected chi connectivity index (χ0v) is 11.5. The first-order valence-corrected chi connectivity index (χ1v) is 6.71. The molecular formula is C13H9ClN2O2S. The number of hydrogen-bond acceptors (Lipinski definition) is 3. The van der Waals surface area contributed by atoms with Crippen LogP contribution in [-0.4, -0.2) is 8.52 Å². The Morgan fingerprint density at radius 1 is 1.05 bits per heavy atom. The largest absolute Gasteiger partial charge is 0.345 e. The van der Waals surface area contributed by atoms with Crippen LogP contribution in [0.3, 0.4) is 0 Å². The molecule has 0 atom stereocenters. The van der Waals surface area contributed by atoms with Crippen LogP contribution in [0.15, 0.2) is 46.0 Å². The molecule has 19 heavy (non-hydrogen) atoms. The second-order valence-electron chi connectivity index (χ2n) is 4.11. The zero-order valence-electron chi connectivity index (χ0n) is 9.96. The van der Waals surface area contributed by atoms with Crippen LogP contribution in [0, 0.1) is 0 Å². The van der Waals surface area contributed by atoms with Gasteiger partial charge >= 0.3 is 10.6 Å². The molecule has 0 unspecified atom stereocenters. The average Bonchev–Trinajstić information content (AvgIpc) is 2.67. The molecule has 2 aromatic carbocycles. The van der Waals surface area contributed by atoms with E-state index in [1.54, 1.807) is 12.1 Å². The van der Waals surface area contributed by atoms with Gasteiger partial charge < -0.3 is 0 Å². The molecule has 0 aliphatic heterocycles. The van der Waals surface area contributed by atoms with Crippen molar-refractivity contribution in [3.8, 4) is 5.69 Å². The normalized spacial score (nSPS) is 11.1. The predicted octanol–water partition coefficient (Wildman–Crippen LogP) is 2.40. The fourth-order valence-corrected chi connectivity index (χ4v) is 3.01. The Kier molecular flexibility index (Phi) is 2.80. The van der Waals surface area contributed by atoms with Crippen LogP contribution in [0.4, 0.5) is 0 Å². The fraction of sp³-hybridized carbons (Fsp3) is 0.0769. The molecule has 0 N–H and O–H groups in total. The summed E-state index contributed by atoms with van der Waals surface area (Å²) in [5, 5.41) is 2.33. The summed E-state index contributed by atoms with van der Waals surface area (Å²) in [6, 6.07) is 11.0. The van der Waals surface area contributed by atoms with Crippen LogP contribution in [0.25, 0.3) is 16.5 Å². The van der Waals surface area contributed by atoms with Crippen molar-refractivity contribution in [1.82, 2.24) is 8.52 Å². The molecule has 1 heterocycles. The Hall–Kier alpha value is -1.85. The maximum Gasteiger partial charge on any atom is 0.345 e. The van der Waals surface area contributed by atoms with Gasteiger partial charge in [0.1, 0.15) is 0 Å². The summed E-state index contributed by atoms with van der Waals surface area (Å²) >= 11 is 7.03. The monoisotopic (exact) mass is 292 g/mol. The van der Waals surface area contributed by atoms with Gasteiger partial charge in [-0.2, -0.15) is 0 Å². The van der Waals surface area contributed by atoms with Gasteiger partial charge in [0.2, 0.25) is 0 Å². The van der Waals surface area contributed by atoms with Gasteiger partial charge in [-0.25, -0.2) is 8.75 Å². The van der Waals surface area contributed by atoms with Gasteiger partial charge in [-0.3, -0.25) is 9.36 Å². The molecule has 96 valence electrons. The molecule has 0 aliphatic rings. The van der Waals surface area contributed by atoms with E-state index in [2.05, 4.69) is 0 Å². The van der Waals surface area contributed by atoms with Crippen molar-refractivity contribution in [2.45, 2.75) is 0 Å². The number of hydrogen-bond donors (Lipinski definition) is 0. The standard InChI is InChI=1S/C13H9ClN2O2S/c1-15-12(17)16(19-13(15)18)11-7-6-10(14)8-4-2-3-5-9(8)11/h2-7H,1H3. The van der Waals surface area contributed by atoms with Gasteiger partial charge in [-0.1, -0.05) is 35.9 Å². The third-order valence-corrected chi connectivity index (χ3v) is 4.27. The highest BCUT2D eigenvalue weighted by Gasteiger charge is 2.12. The lowest BCUT2D eigenvalue weighted by Gasteiger charge is -2.06. The number of rotatable bonds is 1. The molecule has 4 nitrogen and oxygen atoms in total. The lowest BCUT2D eigenvalue weighted by atomic mass is 10.1. The molecule has 3 rings (SSSR count). The Balaban J connectivity index is 2.44. The average molecular weight is 293 g/mol. The van der Waals surface area contributed by atoms with Crippen molar-refractivity contribution >= 4 is 33.9 Å². The van der Waals surface area contributed by atoms with Gasteiger partial charge in [0.05, 0.1) is 5.69 Å². The second kappa shape index (κ2) is 4.36. The molecule has 0 aliphatic carbocycles. The van der Waals surface area contributed by atoms with Gasteiger partial charge in [0.15, 0.2) is 0 Å². The summed E-state index contributed by atoms with van der Waals surface area (Å²) in [6.45, 7) is 0. The molecule has 0 spiro atoms. The second-order valence-corrected chi connectivity index (χ2v) is 5.41. The molecular weight excluding hydrogens is 284 g/mol. The predicted molar refractivity (Wildman–Crippen MR) is 77.7 cm³/mol. The highest BCUT2D eigenvalue weighted by molar-refractivity contribution is 7.04. The zero-order chi connectivity index (χ0) is 13.6. The maximum absolute atomic E-state index is 12.0. The lowest BCUT2D eigenvalue weighted by molar-refractivity contribution is 0.806. The SMILES string of the molecule is Cn1c(=O)sn(-c2ccc(Cl)c3ccccc23)c1=O. The quantitative estimate of drug-likeness (QED) is 0.691. The summed E-state index contributed by atoms with van der Waals surface area (Å²) in [5.41, 5.74) is 0.329. The van der Waals surface area contributed by atoms with E-state index in [0.29, 0.717) is 10.7 Å². The topological polar surface area (TPSA) is 44.0 Å².